The first-order valence-electron chi connectivity index (χ1n) is 10.5. The molecule has 2 aliphatic heterocycles. The van der Waals surface area contributed by atoms with Crippen LogP contribution >= 0.6 is 11.3 Å². The van der Waals surface area contributed by atoms with Crippen LogP contribution in [0.3, 0.4) is 0 Å². The Labute approximate surface area is 189 Å². The van der Waals surface area contributed by atoms with E-state index in [4.69, 9.17) is 9.47 Å². The van der Waals surface area contributed by atoms with Gasteiger partial charge in [0.1, 0.15) is 5.01 Å². The number of rotatable bonds is 4. The molecule has 9 heteroatoms. The molecule has 0 atom stereocenters. The van der Waals surface area contributed by atoms with E-state index in [2.05, 4.69) is 15.5 Å². The lowest BCUT2D eigenvalue weighted by Crippen LogP contribution is -2.38. The summed E-state index contributed by atoms with van der Waals surface area (Å²) >= 11 is 1.31. The summed E-state index contributed by atoms with van der Waals surface area (Å²) in [5.74, 6) is 1.23. The van der Waals surface area contributed by atoms with Crippen molar-refractivity contribution in [3.8, 4) is 11.5 Å². The molecule has 3 heterocycles. The van der Waals surface area contributed by atoms with Gasteiger partial charge in [0.2, 0.25) is 11.8 Å². The molecule has 0 radical (unpaired) electrons. The Morgan fingerprint density at radius 2 is 1.84 bits per heavy atom. The highest BCUT2D eigenvalue weighted by Gasteiger charge is 2.28. The molecule has 5 rings (SSSR count). The van der Waals surface area contributed by atoms with Crippen LogP contribution in [0.1, 0.15) is 49.5 Å². The lowest BCUT2D eigenvalue weighted by molar-refractivity contribution is 0.0712. The Morgan fingerprint density at radius 1 is 1.06 bits per heavy atom. The van der Waals surface area contributed by atoms with E-state index in [0.717, 1.165) is 29.0 Å². The third-order valence-electron chi connectivity index (χ3n) is 5.77. The fraction of sp³-hybridized carbons (Fsp3) is 0.304. The fourth-order valence-corrected chi connectivity index (χ4v) is 4.87. The second kappa shape index (κ2) is 8.58. The van der Waals surface area contributed by atoms with Crippen molar-refractivity contribution in [1.82, 2.24) is 15.1 Å². The zero-order chi connectivity index (χ0) is 22.1. The number of anilines is 1. The summed E-state index contributed by atoms with van der Waals surface area (Å²) in [6.07, 6.45) is 1.60. The molecule has 8 nitrogen and oxygen atoms in total. The van der Waals surface area contributed by atoms with Crippen LogP contribution in [-0.2, 0) is 0 Å². The van der Waals surface area contributed by atoms with Gasteiger partial charge in [-0.1, -0.05) is 29.5 Å². The van der Waals surface area contributed by atoms with Crippen molar-refractivity contribution in [2.24, 2.45) is 0 Å². The number of carbonyl (C=O) groups is 2. The van der Waals surface area contributed by atoms with E-state index >= 15 is 0 Å². The molecule has 0 bridgehead atoms. The summed E-state index contributed by atoms with van der Waals surface area (Å²) in [6, 6.07) is 12.9. The largest absolute Gasteiger partial charge is 0.454 e. The standard InChI is InChI=1S/C23H22N4O4S/c1-14-4-2-3-5-17(14)23(29)27-10-8-15(9-11-27)21-25-26-22(32-21)20(28)24-16-6-7-18-19(12-16)31-13-30-18/h2-7,12,15H,8-11,13H2,1H3,(H,24,28). The number of likely N-dealkylation sites (tertiary alicyclic amines) is 1. The predicted octanol–water partition coefficient (Wildman–Crippen LogP) is 3.85. The molecule has 2 aliphatic rings. The highest BCUT2D eigenvalue weighted by atomic mass is 32.1. The Hall–Kier alpha value is -3.46. The molecule has 2 amide bonds. The van der Waals surface area contributed by atoms with E-state index in [1.165, 1.54) is 11.3 Å². The minimum Gasteiger partial charge on any atom is -0.454 e. The van der Waals surface area contributed by atoms with Gasteiger partial charge in [-0.2, -0.15) is 0 Å². The van der Waals surface area contributed by atoms with E-state index in [1.54, 1.807) is 18.2 Å². The van der Waals surface area contributed by atoms with Crippen molar-refractivity contribution in [2.75, 3.05) is 25.2 Å². The van der Waals surface area contributed by atoms with Gasteiger partial charge in [-0.05, 0) is 43.5 Å². The minimum absolute atomic E-state index is 0.0719. The van der Waals surface area contributed by atoms with E-state index in [0.29, 0.717) is 35.3 Å². The van der Waals surface area contributed by atoms with Gasteiger partial charge in [0.25, 0.3) is 11.8 Å². The second-order valence-corrected chi connectivity index (χ2v) is 8.86. The number of hydrogen-bond donors (Lipinski definition) is 1. The molecule has 1 aromatic heterocycles. The second-order valence-electron chi connectivity index (χ2n) is 7.85. The van der Waals surface area contributed by atoms with Crippen LogP contribution in [0.5, 0.6) is 11.5 Å². The monoisotopic (exact) mass is 450 g/mol. The quantitative estimate of drug-likeness (QED) is 0.649. The topological polar surface area (TPSA) is 93.7 Å². The number of amides is 2. The van der Waals surface area contributed by atoms with Crippen molar-refractivity contribution in [1.29, 1.82) is 0 Å². The smallest absolute Gasteiger partial charge is 0.286 e. The van der Waals surface area contributed by atoms with Crippen molar-refractivity contribution in [3.63, 3.8) is 0 Å². The molecule has 1 N–H and O–H groups in total. The Morgan fingerprint density at radius 3 is 2.66 bits per heavy atom. The van der Waals surface area contributed by atoms with Crippen LogP contribution in [0, 0.1) is 6.92 Å². The zero-order valence-electron chi connectivity index (χ0n) is 17.5. The number of fused-ring (bicyclic) bond motifs is 1. The number of piperidine rings is 1. The van der Waals surface area contributed by atoms with Gasteiger partial charge in [-0.25, -0.2) is 0 Å². The summed E-state index contributed by atoms with van der Waals surface area (Å²) < 4.78 is 10.6. The lowest BCUT2D eigenvalue weighted by atomic mass is 9.96. The number of benzene rings is 2. The molecular weight excluding hydrogens is 428 g/mol. The van der Waals surface area contributed by atoms with Gasteiger partial charge in [0.15, 0.2) is 11.5 Å². The lowest BCUT2D eigenvalue weighted by Gasteiger charge is -2.31. The van der Waals surface area contributed by atoms with Gasteiger partial charge in [0.05, 0.1) is 0 Å². The molecule has 0 spiro atoms. The zero-order valence-corrected chi connectivity index (χ0v) is 18.4. The molecular formula is C23H22N4O4S. The molecule has 0 saturated carbocycles. The molecule has 0 aliphatic carbocycles. The molecule has 32 heavy (non-hydrogen) atoms. The molecule has 2 aromatic carbocycles. The highest BCUT2D eigenvalue weighted by molar-refractivity contribution is 7.13. The number of ether oxygens (including phenoxy) is 2. The fourth-order valence-electron chi connectivity index (χ4n) is 3.96. The first-order valence-corrected chi connectivity index (χ1v) is 11.3. The van der Waals surface area contributed by atoms with Crippen molar-refractivity contribution in [3.05, 3.63) is 63.6 Å². The third-order valence-corrected chi connectivity index (χ3v) is 6.86. The molecule has 1 fully saturated rings. The average Bonchev–Trinajstić information content (AvgIpc) is 3.49. The van der Waals surface area contributed by atoms with Crippen LogP contribution in [-0.4, -0.2) is 46.8 Å². The van der Waals surface area contributed by atoms with E-state index in [9.17, 15) is 9.59 Å². The predicted molar refractivity (Wildman–Crippen MR) is 119 cm³/mol. The van der Waals surface area contributed by atoms with Crippen molar-refractivity contribution >= 4 is 28.8 Å². The number of nitrogens with zero attached hydrogens (tertiary/aromatic N) is 3. The van der Waals surface area contributed by atoms with Crippen molar-refractivity contribution < 1.29 is 19.1 Å². The van der Waals surface area contributed by atoms with E-state index in [1.807, 2.05) is 36.1 Å². The number of aromatic nitrogens is 2. The summed E-state index contributed by atoms with van der Waals surface area (Å²) in [6.45, 7) is 3.46. The van der Waals surface area contributed by atoms with Crippen LogP contribution in [0.25, 0.3) is 0 Å². The first-order chi connectivity index (χ1) is 15.6. The number of hydrogen-bond acceptors (Lipinski definition) is 7. The van der Waals surface area contributed by atoms with Crippen molar-refractivity contribution in [2.45, 2.75) is 25.7 Å². The third kappa shape index (κ3) is 4.03. The van der Waals surface area contributed by atoms with Gasteiger partial charge in [-0.15, -0.1) is 10.2 Å². The van der Waals surface area contributed by atoms with Gasteiger partial charge < -0.3 is 19.7 Å². The maximum absolute atomic E-state index is 12.8. The Bertz CT molecular complexity index is 1170. The van der Waals surface area contributed by atoms with Gasteiger partial charge in [-0.3, -0.25) is 9.59 Å². The molecule has 1 saturated heterocycles. The van der Waals surface area contributed by atoms with Crippen LogP contribution in [0.2, 0.25) is 0 Å². The molecule has 164 valence electrons. The number of nitrogens with one attached hydrogen (secondary N) is 1. The maximum atomic E-state index is 12.8. The number of aryl methyl sites for hydroxylation is 1. The Balaban J connectivity index is 1.20. The van der Waals surface area contributed by atoms with Crippen LogP contribution < -0.4 is 14.8 Å². The molecule has 0 unspecified atom stereocenters. The summed E-state index contributed by atoms with van der Waals surface area (Å²) in [5.41, 5.74) is 2.35. The summed E-state index contributed by atoms with van der Waals surface area (Å²) in [4.78, 5) is 27.3. The van der Waals surface area contributed by atoms with Gasteiger partial charge >= 0.3 is 0 Å². The van der Waals surface area contributed by atoms with Crippen LogP contribution in [0.4, 0.5) is 5.69 Å². The number of carbonyl (C=O) groups excluding carboxylic acids is 2. The van der Waals surface area contributed by atoms with E-state index < -0.39 is 0 Å². The van der Waals surface area contributed by atoms with E-state index in [-0.39, 0.29) is 24.5 Å². The first kappa shape index (κ1) is 20.4. The van der Waals surface area contributed by atoms with Gasteiger partial charge in [0, 0.05) is 36.3 Å². The molecule has 3 aromatic rings. The summed E-state index contributed by atoms with van der Waals surface area (Å²) in [7, 11) is 0. The summed E-state index contributed by atoms with van der Waals surface area (Å²) in [5, 5.41) is 12.3. The highest BCUT2D eigenvalue weighted by Crippen LogP contribution is 2.35. The Kier molecular flexibility index (Phi) is 5.48. The SMILES string of the molecule is Cc1ccccc1C(=O)N1CCC(c2nnc(C(=O)Nc3ccc4c(c3)OCO4)s2)CC1. The minimum atomic E-state index is -0.306. The van der Waals surface area contributed by atoms with Crippen LogP contribution in [0.15, 0.2) is 42.5 Å². The maximum Gasteiger partial charge on any atom is 0.286 e. The normalized spacial score (nSPS) is 15.6. The average molecular weight is 451 g/mol.